The Balaban J connectivity index is 1.87. The number of halogens is 1. The second-order valence-electron chi connectivity index (χ2n) is 5.95. The van der Waals surface area contributed by atoms with Crippen LogP contribution >= 0.6 is 15.9 Å². The van der Waals surface area contributed by atoms with Gasteiger partial charge in [-0.15, -0.1) is 5.10 Å². The fourth-order valence-corrected chi connectivity index (χ4v) is 2.97. The summed E-state index contributed by atoms with van der Waals surface area (Å²) >= 11 is 3.43. The number of nitrogen functional groups attached to an aromatic ring is 1. The Labute approximate surface area is 175 Å². The van der Waals surface area contributed by atoms with E-state index in [1.807, 2.05) is 38.1 Å². The molecule has 0 saturated heterocycles. The highest BCUT2D eigenvalue weighted by atomic mass is 79.9. The molecule has 11 nitrogen and oxygen atoms in total. The van der Waals surface area contributed by atoms with Gasteiger partial charge in [0.1, 0.15) is 0 Å². The lowest BCUT2D eigenvalue weighted by Crippen LogP contribution is -2.27. The lowest BCUT2D eigenvalue weighted by atomic mass is 10.2. The van der Waals surface area contributed by atoms with Gasteiger partial charge in [-0.2, -0.15) is 9.78 Å². The van der Waals surface area contributed by atoms with Crippen LogP contribution in [0.1, 0.15) is 35.6 Å². The second kappa shape index (κ2) is 9.39. The van der Waals surface area contributed by atoms with Gasteiger partial charge in [-0.05, 0) is 29.5 Å². The van der Waals surface area contributed by atoms with E-state index in [2.05, 4.69) is 56.6 Å². The number of carbonyl (C=O) groups is 1. The summed E-state index contributed by atoms with van der Waals surface area (Å²) in [4.78, 5) is 14.8. The Bertz CT molecular complexity index is 1010. The molecule has 0 fully saturated rings. The van der Waals surface area contributed by atoms with E-state index in [4.69, 9.17) is 5.73 Å². The zero-order chi connectivity index (χ0) is 20.8. The average molecular weight is 462 g/mol. The van der Waals surface area contributed by atoms with E-state index in [1.165, 1.54) is 10.9 Å². The lowest BCUT2D eigenvalue weighted by Gasteiger charge is -2.18. The van der Waals surface area contributed by atoms with Crippen LogP contribution in [0, 0.1) is 0 Å². The summed E-state index contributed by atoms with van der Waals surface area (Å²) in [5.41, 5.74) is 9.70. The van der Waals surface area contributed by atoms with Crippen LogP contribution < -0.4 is 11.2 Å². The first kappa shape index (κ1) is 20.6. The Kier molecular flexibility index (Phi) is 6.67. The maximum absolute atomic E-state index is 12.7. The molecule has 0 atom stereocenters. The highest BCUT2D eigenvalue weighted by Crippen LogP contribution is 2.18. The van der Waals surface area contributed by atoms with Crippen LogP contribution in [0.2, 0.25) is 0 Å². The highest BCUT2D eigenvalue weighted by molar-refractivity contribution is 9.10. The van der Waals surface area contributed by atoms with E-state index >= 15 is 0 Å². The molecule has 1 aromatic carbocycles. The maximum Gasteiger partial charge on any atom is 0.293 e. The molecular weight excluding hydrogens is 442 g/mol. The molecule has 0 radical (unpaired) electrons. The van der Waals surface area contributed by atoms with Crippen molar-refractivity contribution in [2.75, 3.05) is 18.8 Å². The molecule has 3 aromatic rings. The van der Waals surface area contributed by atoms with Crippen LogP contribution in [-0.2, 0) is 6.54 Å². The topological polar surface area (TPSA) is 140 Å². The third kappa shape index (κ3) is 4.66. The van der Waals surface area contributed by atoms with Crippen LogP contribution in [0.4, 0.5) is 5.82 Å². The average Bonchev–Trinajstić information content (AvgIpc) is 3.33. The predicted molar refractivity (Wildman–Crippen MR) is 109 cm³/mol. The number of hydrazone groups is 1. The van der Waals surface area contributed by atoms with Crippen molar-refractivity contribution in [1.29, 1.82) is 0 Å². The second-order valence-corrected chi connectivity index (χ2v) is 6.81. The normalized spacial score (nSPS) is 11.4. The molecule has 3 rings (SSSR count). The van der Waals surface area contributed by atoms with E-state index in [9.17, 15) is 4.79 Å². The molecule has 2 aromatic heterocycles. The summed E-state index contributed by atoms with van der Waals surface area (Å²) in [7, 11) is 0. The smallest absolute Gasteiger partial charge is 0.293 e. The van der Waals surface area contributed by atoms with E-state index < -0.39 is 5.91 Å². The van der Waals surface area contributed by atoms with Gasteiger partial charge in [0.15, 0.2) is 5.69 Å². The van der Waals surface area contributed by atoms with Crippen molar-refractivity contribution in [3.05, 3.63) is 45.7 Å². The molecule has 29 heavy (non-hydrogen) atoms. The monoisotopic (exact) mass is 461 g/mol. The minimum Gasteiger partial charge on any atom is -0.378 e. The van der Waals surface area contributed by atoms with Crippen molar-refractivity contribution in [1.82, 2.24) is 35.6 Å². The third-order valence-corrected chi connectivity index (χ3v) is 4.94. The van der Waals surface area contributed by atoms with Gasteiger partial charge >= 0.3 is 0 Å². The minimum absolute atomic E-state index is 0.0506. The van der Waals surface area contributed by atoms with Crippen molar-refractivity contribution in [3.63, 3.8) is 0 Å². The molecule has 2 heterocycles. The SMILES string of the molecule is CCN(CC)Cc1c(C(=O)NN=Cc2ccccc2Br)nnn1-c1nonc1N. The van der Waals surface area contributed by atoms with Gasteiger partial charge in [0.2, 0.25) is 11.6 Å². The van der Waals surface area contributed by atoms with Crippen molar-refractivity contribution < 1.29 is 9.42 Å². The number of hydrogen-bond acceptors (Lipinski definition) is 9. The maximum atomic E-state index is 12.7. The highest BCUT2D eigenvalue weighted by Gasteiger charge is 2.24. The summed E-state index contributed by atoms with van der Waals surface area (Å²) in [5, 5.41) is 19.4. The largest absolute Gasteiger partial charge is 0.378 e. The molecule has 0 spiro atoms. The fourth-order valence-electron chi connectivity index (χ4n) is 2.58. The van der Waals surface area contributed by atoms with Gasteiger partial charge in [-0.3, -0.25) is 9.69 Å². The van der Waals surface area contributed by atoms with Crippen molar-refractivity contribution in [2.45, 2.75) is 20.4 Å². The molecule has 0 bridgehead atoms. The minimum atomic E-state index is -0.503. The Morgan fingerprint density at radius 1 is 1.34 bits per heavy atom. The van der Waals surface area contributed by atoms with Crippen LogP contribution in [0.3, 0.4) is 0 Å². The molecule has 0 saturated carbocycles. The number of hydrogen-bond donors (Lipinski definition) is 2. The number of anilines is 1. The van der Waals surface area contributed by atoms with Crippen LogP contribution in [0.5, 0.6) is 0 Å². The molecule has 0 aliphatic rings. The van der Waals surface area contributed by atoms with Gasteiger partial charge in [0.25, 0.3) is 5.91 Å². The number of carbonyl (C=O) groups excluding carboxylic acids is 1. The first-order valence-corrected chi connectivity index (χ1v) is 9.67. The number of benzene rings is 1. The first-order chi connectivity index (χ1) is 14.0. The zero-order valence-corrected chi connectivity index (χ0v) is 17.5. The summed E-state index contributed by atoms with van der Waals surface area (Å²) < 4.78 is 6.87. The molecule has 0 aliphatic carbocycles. The standard InChI is InChI=1S/C17H20BrN9O2/c1-3-26(4-2)10-13-14(21-25-27(13)16-15(19)23-29-24-16)17(28)22-20-9-11-7-5-6-8-12(11)18/h5-9H,3-4,10H2,1-2H3,(H2,19,23)(H,22,28). The van der Waals surface area contributed by atoms with E-state index in [0.717, 1.165) is 23.1 Å². The lowest BCUT2D eigenvalue weighted by molar-refractivity contribution is 0.0948. The van der Waals surface area contributed by atoms with E-state index in [1.54, 1.807) is 0 Å². The number of nitrogens with zero attached hydrogens (tertiary/aromatic N) is 7. The Hall–Kier alpha value is -3.12. The van der Waals surface area contributed by atoms with Gasteiger partial charge < -0.3 is 5.73 Å². The quantitative estimate of drug-likeness (QED) is 0.380. The van der Waals surface area contributed by atoms with Crippen molar-refractivity contribution in [3.8, 4) is 5.82 Å². The van der Waals surface area contributed by atoms with Gasteiger partial charge in [-0.1, -0.05) is 53.2 Å². The summed E-state index contributed by atoms with van der Waals surface area (Å²) in [5.74, 6) is -0.276. The number of nitrogens with two attached hydrogens (primary N) is 1. The van der Waals surface area contributed by atoms with Crippen molar-refractivity contribution in [2.24, 2.45) is 5.10 Å². The molecular formula is C17H20BrN9O2. The third-order valence-electron chi connectivity index (χ3n) is 4.22. The number of amides is 1. The van der Waals surface area contributed by atoms with E-state index in [0.29, 0.717) is 12.2 Å². The van der Waals surface area contributed by atoms with Gasteiger partial charge in [0, 0.05) is 16.6 Å². The van der Waals surface area contributed by atoms with Gasteiger partial charge in [-0.25, -0.2) is 10.1 Å². The number of rotatable bonds is 8. The Morgan fingerprint density at radius 2 is 2.10 bits per heavy atom. The summed E-state index contributed by atoms with van der Waals surface area (Å²) in [6, 6.07) is 7.51. The Morgan fingerprint density at radius 3 is 2.76 bits per heavy atom. The van der Waals surface area contributed by atoms with E-state index in [-0.39, 0.29) is 17.3 Å². The van der Waals surface area contributed by atoms with Crippen LogP contribution in [0.25, 0.3) is 5.82 Å². The van der Waals surface area contributed by atoms with Gasteiger partial charge in [0.05, 0.1) is 11.9 Å². The number of nitrogens with one attached hydrogen (secondary N) is 1. The summed E-state index contributed by atoms with van der Waals surface area (Å²) in [6.07, 6.45) is 1.54. The molecule has 0 aliphatic heterocycles. The fraction of sp³-hybridized carbons (Fsp3) is 0.294. The first-order valence-electron chi connectivity index (χ1n) is 8.88. The molecule has 12 heteroatoms. The zero-order valence-electron chi connectivity index (χ0n) is 15.9. The molecule has 0 unspecified atom stereocenters. The summed E-state index contributed by atoms with van der Waals surface area (Å²) in [6.45, 7) is 5.99. The predicted octanol–water partition coefficient (Wildman–Crippen LogP) is 1.60. The molecule has 1 amide bonds. The van der Waals surface area contributed by atoms with Crippen LogP contribution in [0.15, 0.2) is 38.5 Å². The van der Waals surface area contributed by atoms with Crippen LogP contribution in [-0.4, -0.2) is 55.4 Å². The number of aromatic nitrogens is 5. The molecule has 152 valence electrons. The molecule has 3 N–H and O–H groups in total. The van der Waals surface area contributed by atoms with Crippen molar-refractivity contribution >= 4 is 33.9 Å².